The minimum atomic E-state index is -0.516. The first-order valence-corrected chi connectivity index (χ1v) is 12.9. The monoisotopic (exact) mass is 696 g/mol. The second kappa shape index (κ2) is 11.9. The fourth-order valence-electron chi connectivity index (χ4n) is 3.51. The summed E-state index contributed by atoms with van der Waals surface area (Å²) < 4.78 is 40.0. The van der Waals surface area contributed by atoms with E-state index < -0.39 is 5.92 Å². The second-order valence-corrected chi connectivity index (χ2v) is 10.1. The molecule has 0 unspecified atom stereocenters. The van der Waals surface area contributed by atoms with Crippen LogP contribution in [0.1, 0.15) is 28.2 Å². The van der Waals surface area contributed by atoms with Gasteiger partial charge in [-0.05, 0) is 128 Å². The van der Waals surface area contributed by atoms with Crippen LogP contribution in [0, 0.1) is 18.8 Å². The molecule has 0 fully saturated rings. The molecule has 0 N–H and O–H groups in total. The lowest BCUT2D eigenvalue weighted by molar-refractivity contribution is -0.108. The zero-order valence-electron chi connectivity index (χ0n) is 18.4. The molecule has 0 aliphatic rings. The third kappa shape index (κ3) is 6.78. The largest absolute Gasteiger partial charge is 0.489 e. The molecule has 0 radical (unpaired) electrons. The molecule has 0 saturated heterocycles. The third-order valence-corrected chi connectivity index (χ3v) is 7.34. The van der Waals surface area contributed by atoms with Gasteiger partial charge >= 0.3 is 0 Å². The Bertz CT molecular complexity index is 1210. The van der Waals surface area contributed by atoms with E-state index in [-0.39, 0.29) is 24.8 Å². The summed E-state index contributed by atoms with van der Waals surface area (Å²) in [5.41, 5.74) is 3.34. The van der Waals surface area contributed by atoms with Gasteiger partial charge in [-0.3, -0.25) is 0 Å². The number of hydrogen-bond donors (Lipinski definition) is 0. The fourth-order valence-corrected chi connectivity index (χ4v) is 4.85. The zero-order valence-corrected chi connectivity index (χ0v) is 22.7. The molecule has 0 spiro atoms. The number of halogens is 4. The summed E-state index contributed by atoms with van der Waals surface area (Å²) in [6.07, 6.45) is 0.919. The van der Waals surface area contributed by atoms with Crippen molar-refractivity contribution < 1.29 is 23.0 Å². The lowest BCUT2D eigenvalue weighted by atomic mass is 9.92. The maximum absolute atomic E-state index is 13.1. The van der Waals surface area contributed by atoms with Crippen molar-refractivity contribution >= 4 is 51.5 Å². The van der Waals surface area contributed by atoms with Crippen LogP contribution < -0.4 is 9.47 Å². The van der Waals surface area contributed by atoms with Crippen LogP contribution in [-0.4, -0.2) is 6.29 Å². The highest BCUT2D eigenvalue weighted by Crippen LogP contribution is 2.34. The Kier molecular flexibility index (Phi) is 8.72. The van der Waals surface area contributed by atoms with Crippen LogP contribution >= 0.6 is 45.2 Å². The third-order valence-electron chi connectivity index (χ3n) is 5.38. The van der Waals surface area contributed by atoms with Crippen LogP contribution in [0.2, 0.25) is 0 Å². The predicted molar refractivity (Wildman–Crippen MR) is 148 cm³/mol. The normalized spacial score (nSPS) is 10.9. The highest BCUT2D eigenvalue weighted by Gasteiger charge is 2.20. The molecule has 0 atom stereocenters. The summed E-state index contributed by atoms with van der Waals surface area (Å²) in [6, 6.07) is 23.6. The molecular weight excluding hydrogens is 676 g/mol. The highest BCUT2D eigenvalue weighted by atomic mass is 127. The summed E-state index contributed by atoms with van der Waals surface area (Å²) in [6.45, 7) is 0.576. The van der Waals surface area contributed by atoms with Crippen LogP contribution in [-0.2, 0) is 18.0 Å². The molecule has 0 saturated carbocycles. The molecule has 4 rings (SSSR count). The first-order valence-electron chi connectivity index (χ1n) is 10.7. The van der Waals surface area contributed by atoms with Gasteiger partial charge in [0.1, 0.15) is 42.6 Å². The molecule has 3 nitrogen and oxygen atoms in total. The van der Waals surface area contributed by atoms with Gasteiger partial charge in [-0.15, -0.1) is 0 Å². The number of aldehydes is 1. The minimum absolute atomic E-state index is 0.288. The summed E-state index contributed by atoms with van der Waals surface area (Å²) in [5, 5.41) is 0. The van der Waals surface area contributed by atoms with Gasteiger partial charge in [0.05, 0.1) is 5.92 Å². The zero-order chi connectivity index (χ0) is 24.8. The van der Waals surface area contributed by atoms with Gasteiger partial charge in [-0.1, -0.05) is 24.3 Å². The molecular formula is C28H20F2I2O3. The predicted octanol–water partition coefficient (Wildman–Crippen LogP) is 7.66. The van der Waals surface area contributed by atoms with E-state index in [2.05, 4.69) is 45.2 Å². The quantitative estimate of drug-likeness (QED) is 0.133. The van der Waals surface area contributed by atoms with E-state index in [1.54, 1.807) is 24.3 Å². The molecule has 35 heavy (non-hydrogen) atoms. The number of carbonyl (C=O) groups is 1. The number of benzene rings is 4. The van der Waals surface area contributed by atoms with E-state index in [9.17, 15) is 13.6 Å². The molecule has 0 bridgehead atoms. The highest BCUT2D eigenvalue weighted by molar-refractivity contribution is 14.1. The van der Waals surface area contributed by atoms with E-state index >= 15 is 0 Å². The van der Waals surface area contributed by atoms with E-state index in [4.69, 9.17) is 9.47 Å². The second-order valence-electron chi connectivity index (χ2n) is 7.81. The van der Waals surface area contributed by atoms with Crippen LogP contribution in [0.4, 0.5) is 8.78 Å². The molecule has 0 amide bonds. The Balaban J connectivity index is 1.54. The number of rotatable bonds is 9. The van der Waals surface area contributed by atoms with Gasteiger partial charge in [0, 0.05) is 7.14 Å². The molecule has 0 aliphatic carbocycles. The fraction of sp³-hybridized carbons (Fsp3) is 0.107. The number of hydrogen-bond acceptors (Lipinski definition) is 3. The van der Waals surface area contributed by atoms with Crippen LogP contribution in [0.25, 0.3) is 0 Å². The molecule has 4 aromatic carbocycles. The maximum Gasteiger partial charge on any atom is 0.131 e. The molecule has 0 aromatic heterocycles. The summed E-state index contributed by atoms with van der Waals surface area (Å²) >= 11 is 4.43. The van der Waals surface area contributed by atoms with Crippen molar-refractivity contribution in [2.75, 3.05) is 0 Å². The van der Waals surface area contributed by atoms with Gasteiger partial charge in [0.15, 0.2) is 0 Å². The van der Waals surface area contributed by atoms with Crippen molar-refractivity contribution in [2.45, 2.75) is 19.1 Å². The first-order chi connectivity index (χ1) is 16.9. The van der Waals surface area contributed by atoms with Crippen LogP contribution in [0.5, 0.6) is 11.5 Å². The van der Waals surface area contributed by atoms with Gasteiger partial charge in [-0.2, -0.15) is 0 Å². The van der Waals surface area contributed by atoms with Gasteiger partial charge in [0.2, 0.25) is 0 Å². The van der Waals surface area contributed by atoms with Crippen LogP contribution in [0.15, 0.2) is 84.9 Å². The Morgan fingerprint density at radius 2 is 1.06 bits per heavy atom. The lowest BCUT2D eigenvalue weighted by Crippen LogP contribution is -2.08. The number of ether oxygens (including phenoxy) is 2. The van der Waals surface area contributed by atoms with Crippen molar-refractivity contribution in [3.8, 4) is 11.5 Å². The van der Waals surface area contributed by atoms with Crippen molar-refractivity contribution in [1.29, 1.82) is 0 Å². The number of carbonyl (C=O) groups excluding carboxylic acids is 1. The average molecular weight is 696 g/mol. The van der Waals surface area contributed by atoms with Crippen molar-refractivity contribution in [3.05, 3.63) is 126 Å². The van der Waals surface area contributed by atoms with Gasteiger partial charge in [0.25, 0.3) is 0 Å². The average Bonchev–Trinajstić information content (AvgIpc) is 2.87. The Labute approximate surface area is 229 Å². The van der Waals surface area contributed by atoms with Gasteiger partial charge < -0.3 is 14.3 Å². The van der Waals surface area contributed by atoms with E-state index in [1.165, 1.54) is 24.3 Å². The van der Waals surface area contributed by atoms with Crippen molar-refractivity contribution in [1.82, 2.24) is 0 Å². The summed E-state index contributed by atoms with van der Waals surface area (Å²) in [4.78, 5) is 12.3. The lowest BCUT2D eigenvalue weighted by Gasteiger charge is -2.18. The van der Waals surface area contributed by atoms with Gasteiger partial charge in [-0.25, -0.2) is 8.78 Å². The molecule has 0 heterocycles. The topological polar surface area (TPSA) is 35.5 Å². The molecule has 4 aromatic rings. The summed E-state index contributed by atoms with van der Waals surface area (Å²) in [5.74, 6) is 0.137. The first kappa shape index (κ1) is 25.6. The van der Waals surface area contributed by atoms with E-state index in [0.717, 1.165) is 35.7 Å². The van der Waals surface area contributed by atoms with E-state index in [0.29, 0.717) is 11.5 Å². The minimum Gasteiger partial charge on any atom is -0.489 e. The molecule has 0 aliphatic heterocycles. The SMILES string of the molecule is O=CC(c1cc(OCc2ccc(F)cc2)ccc1I)c1cc(OCc2ccc(F)cc2)ccc1I. The Morgan fingerprint density at radius 3 is 1.43 bits per heavy atom. The van der Waals surface area contributed by atoms with Crippen molar-refractivity contribution in [2.24, 2.45) is 0 Å². The van der Waals surface area contributed by atoms with Crippen molar-refractivity contribution in [3.63, 3.8) is 0 Å². The van der Waals surface area contributed by atoms with Crippen LogP contribution in [0.3, 0.4) is 0 Å². The maximum atomic E-state index is 13.1. The smallest absolute Gasteiger partial charge is 0.131 e. The summed E-state index contributed by atoms with van der Waals surface area (Å²) in [7, 11) is 0. The molecule has 178 valence electrons. The Morgan fingerprint density at radius 1 is 0.657 bits per heavy atom. The standard InChI is InChI=1S/C28H20F2I2O3/c29-20-5-1-18(2-6-20)16-34-22-9-11-27(31)24(13-22)26(15-33)25-14-23(10-12-28(25)32)35-17-19-3-7-21(30)8-4-19/h1-15,26H,16-17H2. The molecule has 7 heteroatoms. The Hall–Kier alpha value is -2.53. The van der Waals surface area contributed by atoms with E-state index in [1.807, 2.05) is 36.4 Å².